The summed E-state index contributed by atoms with van der Waals surface area (Å²) >= 11 is 2.97. The lowest BCUT2D eigenvalue weighted by atomic mass is 10.1. The highest BCUT2D eigenvalue weighted by atomic mass is 79.9. The summed E-state index contributed by atoms with van der Waals surface area (Å²) in [5.74, 6) is -1.56. The van der Waals surface area contributed by atoms with Crippen molar-refractivity contribution in [2.45, 2.75) is 11.8 Å². The van der Waals surface area contributed by atoms with E-state index in [0.29, 0.717) is 0 Å². The van der Waals surface area contributed by atoms with Crippen LogP contribution < -0.4 is 5.73 Å². The minimum absolute atomic E-state index is 0.00204. The van der Waals surface area contributed by atoms with Crippen LogP contribution in [0.1, 0.15) is 28.0 Å². The second kappa shape index (κ2) is 4.52. The van der Waals surface area contributed by atoms with Crippen molar-refractivity contribution < 1.29 is 18.7 Å². The Balaban J connectivity index is 3.47. The third-order valence-corrected chi connectivity index (χ3v) is 2.25. The van der Waals surface area contributed by atoms with Crippen molar-refractivity contribution in [1.29, 1.82) is 0 Å². The highest BCUT2D eigenvalue weighted by molar-refractivity contribution is 9.08. The highest BCUT2D eigenvalue weighted by Crippen LogP contribution is 2.27. The van der Waals surface area contributed by atoms with Crippen LogP contribution in [0.5, 0.6) is 0 Å². The fourth-order valence-electron chi connectivity index (χ4n) is 1.16. The Kier molecular flexibility index (Phi) is 3.57. The first kappa shape index (κ1) is 11.8. The van der Waals surface area contributed by atoms with Crippen LogP contribution in [-0.4, -0.2) is 16.1 Å². The van der Waals surface area contributed by atoms with Gasteiger partial charge in [0.25, 0.3) is 6.43 Å². The molecule has 0 saturated carbocycles. The van der Waals surface area contributed by atoms with E-state index in [1.165, 1.54) is 0 Å². The Morgan fingerprint density at radius 3 is 2.67 bits per heavy atom. The molecule has 0 aromatic carbocycles. The largest absolute Gasteiger partial charge is 0.478 e. The number of aromatic carboxylic acids is 1. The lowest BCUT2D eigenvalue weighted by Crippen LogP contribution is -2.10. The molecule has 1 aromatic heterocycles. The summed E-state index contributed by atoms with van der Waals surface area (Å²) in [6.45, 7) is 0. The van der Waals surface area contributed by atoms with Crippen molar-refractivity contribution in [3.63, 3.8) is 0 Å². The van der Waals surface area contributed by atoms with E-state index in [2.05, 4.69) is 20.9 Å². The standard InChI is InChI=1S/C8H7BrF2N2O2/c9-2-4-6(8(14)15)3(7(10)11)1-5(12)13-4/h1,7H,2H2,(H2,12,13)(H,14,15). The number of halogens is 3. The maximum atomic E-state index is 12.5. The summed E-state index contributed by atoms with van der Waals surface area (Å²) in [5, 5.41) is 8.84. The number of carbonyl (C=O) groups is 1. The van der Waals surface area contributed by atoms with Crippen molar-refractivity contribution in [1.82, 2.24) is 4.98 Å². The zero-order valence-corrected chi connectivity index (χ0v) is 8.96. The molecule has 15 heavy (non-hydrogen) atoms. The van der Waals surface area contributed by atoms with Gasteiger partial charge in [0.1, 0.15) is 5.82 Å². The highest BCUT2D eigenvalue weighted by Gasteiger charge is 2.23. The van der Waals surface area contributed by atoms with Crippen LogP contribution in [0.25, 0.3) is 0 Å². The molecule has 0 radical (unpaired) electrons. The zero-order valence-electron chi connectivity index (χ0n) is 7.38. The van der Waals surface area contributed by atoms with Crippen molar-refractivity contribution in [2.24, 2.45) is 0 Å². The Labute approximate surface area is 92.2 Å². The van der Waals surface area contributed by atoms with Crippen molar-refractivity contribution >= 4 is 27.7 Å². The molecule has 0 spiro atoms. The number of nitrogens with two attached hydrogens (primary N) is 1. The third kappa shape index (κ3) is 2.41. The van der Waals surface area contributed by atoms with Crippen LogP contribution in [0.15, 0.2) is 6.07 Å². The topological polar surface area (TPSA) is 76.2 Å². The van der Waals surface area contributed by atoms with Gasteiger partial charge in [-0.15, -0.1) is 0 Å². The SMILES string of the molecule is Nc1cc(C(F)F)c(C(=O)O)c(CBr)n1. The molecule has 7 heteroatoms. The first-order chi connectivity index (χ1) is 6.97. The fourth-order valence-corrected chi connectivity index (χ4v) is 1.56. The minimum Gasteiger partial charge on any atom is -0.478 e. The fraction of sp³-hybridized carbons (Fsp3) is 0.250. The zero-order chi connectivity index (χ0) is 11.6. The summed E-state index contributed by atoms with van der Waals surface area (Å²) in [7, 11) is 0. The van der Waals surface area contributed by atoms with Crippen LogP contribution in [0.4, 0.5) is 14.6 Å². The Bertz CT molecular complexity index is 398. The maximum Gasteiger partial charge on any atom is 0.338 e. The Morgan fingerprint density at radius 2 is 2.27 bits per heavy atom. The molecule has 82 valence electrons. The first-order valence-corrected chi connectivity index (χ1v) is 4.96. The molecular formula is C8H7BrF2N2O2. The van der Waals surface area contributed by atoms with E-state index in [1.54, 1.807) is 0 Å². The Hall–Kier alpha value is -1.24. The van der Waals surface area contributed by atoms with E-state index >= 15 is 0 Å². The molecule has 3 N–H and O–H groups in total. The number of carboxylic acid groups (broad SMARTS) is 1. The van der Waals surface area contributed by atoms with E-state index in [1.807, 2.05) is 0 Å². The molecular weight excluding hydrogens is 274 g/mol. The number of hydrogen-bond donors (Lipinski definition) is 2. The van der Waals surface area contributed by atoms with Gasteiger partial charge in [0.15, 0.2) is 0 Å². The average Bonchev–Trinajstić information content (AvgIpc) is 2.15. The summed E-state index contributed by atoms with van der Waals surface area (Å²) < 4.78 is 25.0. The van der Waals surface area contributed by atoms with E-state index in [0.717, 1.165) is 6.07 Å². The second-order valence-electron chi connectivity index (χ2n) is 2.70. The molecule has 0 bridgehead atoms. The molecule has 0 aliphatic carbocycles. The van der Waals surface area contributed by atoms with Gasteiger partial charge in [-0.25, -0.2) is 18.6 Å². The quantitative estimate of drug-likeness (QED) is 0.833. The van der Waals surface area contributed by atoms with Crippen LogP contribution >= 0.6 is 15.9 Å². The molecule has 0 atom stereocenters. The number of nitrogens with zero attached hydrogens (tertiary/aromatic N) is 1. The smallest absolute Gasteiger partial charge is 0.338 e. The van der Waals surface area contributed by atoms with Gasteiger partial charge in [-0.05, 0) is 6.07 Å². The molecule has 0 aliphatic heterocycles. The number of alkyl halides is 3. The van der Waals surface area contributed by atoms with E-state index in [4.69, 9.17) is 10.8 Å². The molecule has 0 unspecified atom stereocenters. The average molecular weight is 281 g/mol. The van der Waals surface area contributed by atoms with Gasteiger partial charge in [-0.3, -0.25) is 0 Å². The van der Waals surface area contributed by atoms with Crippen molar-refractivity contribution in [3.05, 3.63) is 22.9 Å². The number of rotatable bonds is 3. The predicted molar refractivity (Wildman–Crippen MR) is 53.2 cm³/mol. The molecule has 4 nitrogen and oxygen atoms in total. The van der Waals surface area contributed by atoms with Crippen LogP contribution in [0.3, 0.4) is 0 Å². The van der Waals surface area contributed by atoms with Gasteiger partial charge < -0.3 is 10.8 Å². The lowest BCUT2D eigenvalue weighted by Gasteiger charge is -2.09. The van der Waals surface area contributed by atoms with Crippen LogP contribution in [0, 0.1) is 0 Å². The molecule has 0 amide bonds. The Morgan fingerprint density at radius 1 is 1.67 bits per heavy atom. The van der Waals surface area contributed by atoms with Gasteiger partial charge >= 0.3 is 5.97 Å². The number of anilines is 1. The molecule has 0 aliphatic rings. The van der Waals surface area contributed by atoms with Crippen LogP contribution in [0.2, 0.25) is 0 Å². The monoisotopic (exact) mass is 280 g/mol. The molecule has 1 heterocycles. The maximum absolute atomic E-state index is 12.5. The summed E-state index contributed by atoms with van der Waals surface area (Å²) in [5.41, 5.74) is 4.18. The third-order valence-electron chi connectivity index (χ3n) is 1.72. The first-order valence-electron chi connectivity index (χ1n) is 3.84. The van der Waals surface area contributed by atoms with Gasteiger partial charge in [0, 0.05) is 10.9 Å². The molecule has 1 aromatic rings. The van der Waals surface area contributed by atoms with Crippen molar-refractivity contribution in [2.75, 3.05) is 5.73 Å². The number of hydrogen-bond acceptors (Lipinski definition) is 3. The minimum atomic E-state index is -2.89. The van der Waals surface area contributed by atoms with Gasteiger partial charge in [-0.2, -0.15) is 0 Å². The van der Waals surface area contributed by atoms with Crippen molar-refractivity contribution in [3.8, 4) is 0 Å². The molecule has 0 saturated heterocycles. The summed E-state index contributed by atoms with van der Waals surface area (Å²) in [4.78, 5) is 14.5. The van der Waals surface area contributed by atoms with Gasteiger partial charge in [-0.1, -0.05) is 15.9 Å². The van der Waals surface area contributed by atoms with Gasteiger partial charge in [0.2, 0.25) is 0 Å². The van der Waals surface area contributed by atoms with E-state index in [9.17, 15) is 13.6 Å². The lowest BCUT2D eigenvalue weighted by molar-refractivity contribution is 0.0683. The predicted octanol–water partition coefficient (Wildman–Crippen LogP) is 2.19. The number of nitrogen functional groups attached to an aromatic ring is 1. The van der Waals surface area contributed by atoms with Gasteiger partial charge in [0.05, 0.1) is 11.3 Å². The van der Waals surface area contributed by atoms with E-state index < -0.39 is 23.5 Å². The second-order valence-corrected chi connectivity index (χ2v) is 3.26. The normalized spacial score (nSPS) is 10.7. The molecule has 1 rings (SSSR count). The molecule has 0 fully saturated rings. The summed E-state index contributed by atoms with van der Waals surface area (Å²) in [6, 6.07) is 0.875. The number of aromatic nitrogens is 1. The number of carboxylic acids is 1. The number of pyridine rings is 1. The summed E-state index contributed by atoms with van der Waals surface area (Å²) in [6.07, 6.45) is -2.89. The van der Waals surface area contributed by atoms with Crippen LogP contribution in [-0.2, 0) is 5.33 Å². The van der Waals surface area contributed by atoms with E-state index in [-0.39, 0.29) is 16.8 Å².